The summed E-state index contributed by atoms with van der Waals surface area (Å²) in [5, 5.41) is 13.0. The fourth-order valence-electron chi connectivity index (χ4n) is 0.863. The van der Waals surface area contributed by atoms with Crippen LogP contribution in [0.4, 0.5) is 15.8 Å². The number of anilines is 1. The van der Waals surface area contributed by atoms with E-state index >= 15 is 0 Å². The first-order valence-electron chi connectivity index (χ1n) is 3.64. The largest absolute Gasteiger partial charge is 0.377 e. The van der Waals surface area contributed by atoms with Crippen LogP contribution in [0.15, 0.2) is 18.5 Å². The van der Waals surface area contributed by atoms with E-state index in [1.165, 1.54) is 12.3 Å². The highest BCUT2D eigenvalue weighted by Crippen LogP contribution is 2.21. The van der Waals surface area contributed by atoms with Gasteiger partial charge in [-0.2, -0.15) is 0 Å². The zero-order valence-electron chi connectivity index (χ0n) is 6.74. The Morgan fingerprint density at radius 2 is 2.46 bits per heavy atom. The van der Waals surface area contributed by atoms with Crippen molar-refractivity contribution in [3.63, 3.8) is 0 Å². The van der Waals surface area contributed by atoms with Crippen molar-refractivity contribution in [1.82, 2.24) is 4.98 Å². The molecule has 0 aliphatic carbocycles. The predicted octanol–water partition coefficient (Wildman–Crippen LogP) is 1.37. The number of aromatic nitrogens is 1. The molecule has 0 bridgehead atoms. The summed E-state index contributed by atoms with van der Waals surface area (Å²) in [5.74, 6) is 0. The minimum Gasteiger partial charge on any atom is -0.377 e. The molecule has 13 heavy (non-hydrogen) atoms. The molecule has 0 radical (unpaired) electrons. The van der Waals surface area contributed by atoms with Crippen molar-refractivity contribution in [2.75, 3.05) is 18.5 Å². The maximum atomic E-state index is 11.8. The third-order valence-corrected chi connectivity index (χ3v) is 1.41. The van der Waals surface area contributed by atoms with Crippen molar-refractivity contribution >= 4 is 11.4 Å². The van der Waals surface area contributed by atoms with E-state index in [4.69, 9.17) is 0 Å². The van der Waals surface area contributed by atoms with Gasteiger partial charge in [0, 0.05) is 12.7 Å². The molecule has 1 aromatic rings. The number of hydrogen-bond acceptors (Lipinski definition) is 4. The summed E-state index contributed by atoms with van der Waals surface area (Å²) in [6.07, 6.45) is 2.54. The van der Waals surface area contributed by atoms with Crippen molar-refractivity contribution in [3.8, 4) is 0 Å². The van der Waals surface area contributed by atoms with Crippen LogP contribution in [0.25, 0.3) is 0 Å². The molecule has 6 heteroatoms. The second-order valence-electron chi connectivity index (χ2n) is 2.27. The van der Waals surface area contributed by atoms with Gasteiger partial charge in [0.05, 0.1) is 4.92 Å². The van der Waals surface area contributed by atoms with Gasteiger partial charge in [-0.15, -0.1) is 0 Å². The van der Waals surface area contributed by atoms with E-state index in [1.54, 1.807) is 0 Å². The summed E-state index contributed by atoms with van der Waals surface area (Å²) in [5.41, 5.74) is 0.147. The molecule has 0 saturated carbocycles. The zero-order valence-corrected chi connectivity index (χ0v) is 6.74. The number of nitro groups is 1. The van der Waals surface area contributed by atoms with Crippen LogP contribution in [0.1, 0.15) is 0 Å². The SMILES string of the molecule is O=[N+]([O-])c1cnccc1NCCF. The lowest BCUT2D eigenvalue weighted by Crippen LogP contribution is -2.05. The van der Waals surface area contributed by atoms with E-state index in [9.17, 15) is 14.5 Å². The summed E-state index contributed by atoms with van der Waals surface area (Å²) in [6, 6.07) is 1.44. The lowest BCUT2D eigenvalue weighted by molar-refractivity contribution is -0.384. The quantitative estimate of drug-likeness (QED) is 0.568. The average Bonchev–Trinajstić information content (AvgIpc) is 2.15. The Morgan fingerprint density at radius 1 is 1.69 bits per heavy atom. The van der Waals surface area contributed by atoms with Crippen LogP contribution in [0, 0.1) is 10.1 Å². The maximum Gasteiger partial charge on any atom is 0.310 e. The van der Waals surface area contributed by atoms with Crippen LogP contribution >= 0.6 is 0 Å². The Hall–Kier alpha value is -1.72. The average molecular weight is 185 g/mol. The Kier molecular flexibility index (Phi) is 3.13. The van der Waals surface area contributed by atoms with Crippen LogP contribution < -0.4 is 5.32 Å². The summed E-state index contributed by atoms with van der Waals surface area (Å²) in [6.45, 7) is -0.510. The molecule has 0 aliphatic rings. The van der Waals surface area contributed by atoms with Gasteiger partial charge in [0.25, 0.3) is 0 Å². The Labute approximate surface area is 73.7 Å². The molecule has 70 valence electrons. The third kappa shape index (κ3) is 2.36. The van der Waals surface area contributed by atoms with Crippen LogP contribution in [0.3, 0.4) is 0 Å². The fourth-order valence-corrected chi connectivity index (χ4v) is 0.863. The highest BCUT2D eigenvalue weighted by atomic mass is 19.1. The number of hydrogen-bond donors (Lipinski definition) is 1. The summed E-state index contributed by atoms with van der Waals surface area (Å²) in [4.78, 5) is 13.5. The third-order valence-electron chi connectivity index (χ3n) is 1.41. The fraction of sp³-hybridized carbons (Fsp3) is 0.286. The van der Waals surface area contributed by atoms with Crippen molar-refractivity contribution in [3.05, 3.63) is 28.6 Å². The molecule has 0 fully saturated rings. The lowest BCUT2D eigenvalue weighted by atomic mass is 10.3. The second kappa shape index (κ2) is 4.34. The first-order valence-corrected chi connectivity index (χ1v) is 3.64. The van der Waals surface area contributed by atoms with Gasteiger partial charge in [0.1, 0.15) is 18.6 Å². The van der Waals surface area contributed by atoms with E-state index in [0.717, 1.165) is 6.20 Å². The number of nitrogens with one attached hydrogen (secondary N) is 1. The van der Waals surface area contributed by atoms with E-state index in [1.807, 2.05) is 0 Å². The van der Waals surface area contributed by atoms with E-state index in [0.29, 0.717) is 0 Å². The first kappa shape index (κ1) is 9.37. The lowest BCUT2D eigenvalue weighted by Gasteiger charge is -2.02. The molecule has 1 rings (SSSR count). The van der Waals surface area contributed by atoms with Gasteiger partial charge < -0.3 is 5.32 Å². The summed E-state index contributed by atoms with van der Waals surface area (Å²) < 4.78 is 11.8. The number of pyridine rings is 1. The Morgan fingerprint density at radius 3 is 3.08 bits per heavy atom. The molecule has 0 atom stereocenters. The van der Waals surface area contributed by atoms with Crippen molar-refractivity contribution in [2.45, 2.75) is 0 Å². The topological polar surface area (TPSA) is 68.1 Å². The Balaban J connectivity index is 2.84. The van der Waals surface area contributed by atoms with E-state index in [-0.39, 0.29) is 17.9 Å². The maximum absolute atomic E-state index is 11.8. The van der Waals surface area contributed by atoms with Gasteiger partial charge in [-0.3, -0.25) is 15.1 Å². The molecule has 5 nitrogen and oxygen atoms in total. The number of alkyl halides is 1. The van der Waals surface area contributed by atoms with Gasteiger partial charge in [0.2, 0.25) is 0 Å². The van der Waals surface area contributed by atoms with Gasteiger partial charge in [0.15, 0.2) is 0 Å². The summed E-state index contributed by atoms with van der Waals surface area (Å²) >= 11 is 0. The first-order chi connectivity index (χ1) is 6.25. The predicted molar refractivity (Wildman–Crippen MR) is 45.4 cm³/mol. The molecular weight excluding hydrogens is 177 g/mol. The standard InChI is InChI=1S/C7H8FN3O2/c8-2-4-10-6-1-3-9-5-7(6)11(12)13/h1,3,5H,2,4H2,(H,9,10). The smallest absolute Gasteiger partial charge is 0.310 e. The number of rotatable bonds is 4. The van der Waals surface area contributed by atoms with Crippen molar-refractivity contribution in [1.29, 1.82) is 0 Å². The highest BCUT2D eigenvalue weighted by molar-refractivity contribution is 5.59. The highest BCUT2D eigenvalue weighted by Gasteiger charge is 2.11. The van der Waals surface area contributed by atoms with E-state index in [2.05, 4.69) is 10.3 Å². The molecule has 0 saturated heterocycles. The molecule has 0 amide bonds. The van der Waals surface area contributed by atoms with Gasteiger partial charge in [-0.25, -0.2) is 4.39 Å². The number of nitrogens with zero attached hydrogens (tertiary/aromatic N) is 2. The molecule has 0 unspecified atom stereocenters. The zero-order chi connectivity index (χ0) is 9.68. The minimum atomic E-state index is -0.570. The van der Waals surface area contributed by atoms with Crippen molar-refractivity contribution in [2.24, 2.45) is 0 Å². The minimum absolute atomic E-state index is 0.0604. The van der Waals surface area contributed by atoms with Crippen LogP contribution in [-0.4, -0.2) is 23.1 Å². The van der Waals surface area contributed by atoms with Gasteiger partial charge >= 0.3 is 5.69 Å². The molecule has 1 N–H and O–H groups in total. The van der Waals surface area contributed by atoms with Gasteiger partial charge in [-0.05, 0) is 6.07 Å². The molecule has 1 aromatic heterocycles. The van der Waals surface area contributed by atoms with Gasteiger partial charge in [-0.1, -0.05) is 0 Å². The molecule has 0 aromatic carbocycles. The second-order valence-corrected chi connectivity index (χ2v) is 2.27. The van der Waals surface area contributed by atoms with Crippen LogP contribution in [0.2, 0.25) is 0 Å². The number of halogens is 1. The monoisotopic (exact) mass is 185 g/mol. The van der Waals surface area contributed by atoms with Crippen LogP contribution in [0.5, 0.6) is 0 Å². The summed E-state index contributed by atoms with van der Waals surface area (Å²) in [7, 11) is 0. The van der Waals surface area contributed by atoms with E-state index < -0.39 is 11.6 Å². The normalized spacial score (nSPS) is 9.62. The molecular formula is C7H8FN3O2. The Bertz CT molecular complexity index is 306. The molecule has 0 aliphatic heterocycles. The molecule has 1 heterocycles. The van der Waals surface area contributed by atoms with Crippen molar-refractivity contribution < 1.29 is 9.31 Å². The van der Waals surface area contributed by atoms with Crippen LogP contribution in [-0.2, 0) is 0 Å². The molecule has 0 spiro atoms.